The SMILES string of the molecule is Cc1ccc(-c2nnc(SC(C)C(=O)Nc3ccc(Cl)cc3)o2)cc1. The van der Waals surface area contributed by atoms with Gasteiger partial charge >= 0.3 is 0 Å². The summed E-state index contributed by atoms with van der Waals surface area (Å²) in [6, 6.07) is 14.8. The molecule has 0 aliphatic heterocycles. The fourth-order valence-electron chi connectivity index (χ4n) is 2.05. The topological polar surface area (TPSA) is 68.0 Å². The first kappa shape index (κ1) is 17.5. The average Bonchev–Trinajstić information content (AvgIpc) is 3.06. The van der Waals surface area contributed by atoms with E-state index in [0.29, 0.717) is 21.8 Å². The number of carbonyl (C=O) groups excluding carboxylic acids is 1. The van der Waals surface area contributed by atoms with Crippen LogP contribution < -0.4 is 5.32 Å². The molecule has 1 atom stereocenters. The van der Waals surface area contributed by atoms with Crippen LogP contribution in [-0.2, 0) is 4.79 Å². The Morgan fingerprint density at radius 2 is 1.80 bits per heavy atom. The minimum atomic E-state index is -0.387. The van der Waals surface area contributed by atoms with Crippen LogP contribution in [0.1, 0.15) is 12.5 Å². The van der Waals surface area contributed by atoms with Crippen molar-refractivity contribution in [3.8, 4) is 11.5 Å². The molecule has 25 heavy (non-hydrogen) atoms. The molecule has 1 heterocycles. The monoisotopic (exact) mass is 373 g/mol. The number of hydrogen-bond acceptors (Lipinski definition) is 5. The molecule has 0 saturated heterocycles. The first-order valence-corrected chi connectivity index (χ1v) is 8.90. The van der Waals surface area contributed by atoms with Crippen molar-refractivity contribution in [3.63, 3.8) is 0 Å². The van der Waals surface area contributed by atoms with Gasteiger partial charge in [0, 0.05) is 16.3 Å². The first-order chi connectivity index (χ1) is 12.0. The number of amides is 1. The average molecular weight is 374 g/mol. The van der Waals surface area contributed by atoms with E-state index in [0.717, 1.165) is 11.1 Å². The van der Waals surface area contributed by atoms with Gasteiger partial charge in [-0.25, -0.2) is 0 Å². The van der Waals surface area contributed by atoms with Gasteiger partial charge in [0.15, 0.2) is 0 Å². The van der Waals surface area contributed by atoms with Gasteiger partial charge in [-0.15, -0.1) is 10.2 Å². The van der Waals surface area contributed by atoms with E-state index in [2.05, 4.69) is 15.5 Å². The molecule has 0 radical (unpaired) electrons. The number of aromatic nitrogens is 2. The van der Waals surface area contributed by atoms with Gasteiger partial charge < -0.3 is 9.73 Å². The van der Waals surface area contributed by atoms with E-state index in [1.54, 1.807) is 31.2 Å². The predicted octanol–water partition coefficient (Wildman–Crippen LogP) is 4.82. The van der Waals surface area contributed by atoms with Crippen LogP contribution >= 0.6 is 23.4 Å². The van der Waals surface area contributed by atoms with Crippen LogP contribution in [0.4, 0.5) is 5.69 Å². The lowest BCUT2D eigenvalue weighted by Crippen LogP contribution is -2.22. The number of thioether (sulfide) groups is 1. The molecule has 128 valence electrons. The van der Waals surface area contributed by atoms with Crippen molar-refractivity contribution in [3.05, 3.63) is 59.1 Å². The van der Waals surface area contributed by atoms with Crippen molar-refractivity contribution in [2.24, 2.45) is 0 Å². The summed E-state index contributed by atoms with van der Waals surface area (Å²) in [7, 11) is 0. The third-order valence-corrected chi connectivity index (χ3v) is 4.65. The summed E-state index contributed by atoms with van der Waals surface area (Å²) >= 11 is 7.05. The molecule has 5 nitrogen and oxygen atoms in total. The second-order valence-corrected chi connectivity index (χ2v) is 7.22. The lowest BCUT2D eigenvalue weighted by molar-refractivity contribution is -0.115. The van der Waals surface area contributed by atoms with Crippen LogP contribution in [0, 0.1) is 6.92 Å². The van der Waals surface area contributed by atoms with Crippen LogP contribution in [0.5, 0.6) is 0 Å². The van der Waals surface area contributed by atoms with Gasteiger partial charge in [0.25, 0.3) is 5.22 Å². The van der Waals surface area contributed by atoms with E-state index in [1.165, 1.54) is 11.8 Å². The molecule has 1 amide bonds. The van der Waals surface area contributed by atoms with E-state index in [-0.39, 0.29) is 11.2 Å². The predicted molar refractivity (Wildman–Crippen MR) is 99.9 cm³/mol. The van der Waals surface area contributed by atoms with Gasteiger partial charge in [0.05, 0.1) is 5.25 Å². The van der Waals surface area contributed by atoms with E-state index >= 15 is 0 Å². The Morgan fingerprint density at radius 3 is 2.48 bits per heavy atom. The second kappa shape index (κ2) is 7.72. The van der Waals surface area contributed by atoms with E-state index < -0.39 is 0 Å². The number of aryl methyl sites for hydroxylation is 1. The Labute approximate surface area is 154 Å². The molecule has 1 N–H and O–H groups in total. The maximum absolute atomic E-state index is 12.3. The number of halogens is 1. The van der Waals surface area contributed by atoms with Crippen LogP contribution in [0.2, 0.25) is 5.02 Å². The molecule has 0 saturated carbocycles. The second-order valence-electron chi connectivity index (χ2n) is 5.50. The van der Waals surface area contributed by atoms with Gasteiger partial charge in [-0.2, -0.15) is 0 Å². The van der Waals surface area contributed by atoms with Gasteiger partial charge in [-0.3, -0.25) is 4.79 Å². The number of benzene rings is 2. The molecular formula is C18H16ClN3O2S. The normalized spacial score (nSPS) is 12.0. The van der Waals surface area contributed by atoms with Gasteiger partial charge in [0.1, 0.15) is 0 Å². The molecule has 0 fully saturated rings. The highest BCUT2D eigenvalue weighted by Crippen LogP contribution is 2.27. The molecule has 0 aliphatic carbocycles. The maximum Gasteiger partial charge on any atom is 0.277 e. The molecule has 0 bridgehead atoms. The largest absolute Gasteiger partial charge is 0.411 e. The summed E-state index contributed by atoms with van der Waals surface area (Å²) in [6.45, 7) is 3.80. The lowest BCUT2D eigenvalue weighted by atomic mass is 10.1. The number of nitrogens with one attached hydrogen (secondary N) is 1. The minimum Gasteiger partial charge on any atom is -0.411 e. The fraction of sp³-hybridized carbons (Fsp3) is 0.167. The number of carbonyl (C=O) groups is 1. The number of hydrogen-bond donors (Lipinski definition) is 1. The van der Waals surface area contributed by atoms with Crippen molar-refractivity contribution < 1.29 is 9.21 Å². The van der Waals surface area contributed by atoms with Crippen molar-refractivity contribution in [1.29, 1.82) is 0 Å². The standard InChI is InChI=1S/C18H16ClN3O2S/c1-11-3-5-13(6-4-11)17-21-22-18(24-17)25-12(2)16(23)20-15-9-7-14(19)8-10-15/h3-10,12H,1-2H3,(H,20,23). The zero-order chi connectivity index (χ0) is 17.8. The molecule has 0 spiro atoms. The molecule has 1 unspecified atom stereocenters. The Hall–Kier alpha value is -2.31. The van der Waals surface area contributed by atoms with Crippen molar-refractivity contribution >= 4 is 35.0 Å². The van der Waals surface area contributed by atoms with Crippen LogP contribution in [0.3, 0.4) is 0 Å². The summed E-state index contributed by atoms with van der Waals surface area (Å²) < 4.78 is 5.64. The summed E-state index contributed by atoms with van der Waals surface area (Å²) in [5.74, 6) is 0.287. The third kappa shape index (κ3) is 4.61. The first-order valence-electron chi connectivity index (χ1n) is 7.65. The molecule has 3 rings (SSSR count). The van der Waals surface area contributed by atoms with Crippen molar-refractivity contribution in [1.82, 2.24) is 10.2 Å². The number of anilines is 1. The van der Waals surface area contributed by atoms with E-state index in [4.69, 9.17) is 16.0 Å². The highest BCUT2D eigenvalue weighted by molar-refractivity contribution is 8.00. The molecule has 7 heteroatoms. The van der Waals surface area contributed by atoms with Crippen LogP contribution in [0.25, 0.3) is 11.5 Å². The zero-order valence-electron chi connectivity index (χ0n) is 13.7. The molecule has 0 aliphatic rings. The van der Waals surface area contributed by atoms with Gasteiger partial charge in [0.2, 0.25) is 11.8 Å². The highest BCUT2D eigenvalue weighted by atomic mass is 35.5. The lowest BCUT2D eigenvalue weighted by Gasteiger charge is -2.09. The Kier molecular flexibility index (Phi) is 5.40. The van der Waals surface area contributed by atoms with Gasteiger partial charge in [-0.05, 0) is 50.2 Å². The quantitative estimate of drug-likeness (QED) is 0.649. The summed E-state index contributed by atoms with van der Waals surface area (Å²) in [5.41, 5.74) is 2.70. The highest BCUT2D eigenvalue weighted by Gasteiger charge is 2.19. The Bertz CT molecular complexity index is 863. The van der Waals surface area contributed by atoms with Crippen molar-refractivity contribution in [2.45, 2.75) is 24.3 Å². The summed E-state index contributed by atoms with van der Waals surface area (Å²) in [5, 5.41) is 11.5. The van der Waals surface area contributed by atoms with E-state index in [9.17, 15) is 4.79 Å². The summed E-state index contributed by atoms with van der Waals surface area (Å²) in [6.07, 6.45) is 0. The Balaban J connectivity index is 1.62. The van der Waals surface area contributed by atoms with Crippen LogP contribution in [-0.4, -0.2) is 21.4 Å². The number of rotatable bonds is 5. The van der Waals surface area contributed by atoms with E-state index in [1.807, 2.05) is 31.2 Å². The third-order valence-electron chi connectivity index (χ3n) is 3.46. The fourth-order valence-corrected chi connectivity index (χ4v) is 2.86. The van der Waals surface area contributed by atoms with Crippen LogP contribution in [0.15, 0.2) is 58.2 Å². The smallest absolute Gasteiger partial charge is 0.277 e. The summed E-state index contributed by atoms with van der Waals surface area (Å²) in [4.78, 5) is 12.3. The zero-order valence-corrected chi connectivity index (χ0v) is 15.3. The maximum atomic E-state index is 12.3. The molecular weight excluding hydrogens is 358 g/mol. The Morgan fingerprint density at radius 1 is 1.12 bits per heavy atom. The number of nitrogens with zero attached hydrogens (tertiary/aromatic N) is 2. The van der Waals surface area contributed by atoms with Crippen molar-refractivity contribution in [2.75, 3.05) is 5.32 Å². The molecule has 1 aromatic heterocycles. The minimum absolute atomic E-state index is 0.151. The van der Waals surface area contributed by atoms with Gasteiger partial charge in [-0.1, -0.05) is 41.1 Å². The molecule has 3 aromatic rings. The molecule has 2 aromatic carbocycles.